The van der Waals surface area contributed by atoms with Gasteiger partial charge in [-0.1, -0.05) is 24.3 Å². The molecular weight excluding hydrogens is 400 g/mol. The van der Waals surface area contributed by atoms with Gasteiger partial charge in [0.2, 0.25) is 0 Å². The molecule has 2 N–H and O–H groups in total. The van der Waals surface area contributed by atoms with Crippen molar-refractivity contribution in [3.63, 3.8) is 0 Å². The van der Waals surface area contributed by atoms with E-state index in [1.165, 1.54) is 5.56 Å². The summed E-state index contributed by atoms with van der Waals surface area (Å²) in [6.07, 6.45) is 1.85. The van der Waals surface area contributed by atoms with E-state index in [-0.39, 0.29) is 11.9 Å². The average Bonchev–Trinajstić information content (AvgIpc) is 3.16. The molecule has 32 heavy (non-hydrogen) atoms. The van der Waals surface area contributed by atoms with Gasteiger partial charge in [0.15, 0.2) is 0 Å². The van der Waals surface area contributed by atoms with Gasteiger partial charge in [-0.05, 0) is 49.4 Å². The summed E-state index contributed by atoms with van der Waals surface area (Å²) in [6, 6.07) is 21.4. The summed E-state index contributed by atoms with van der Waals surface area (Å²) < 4.78 is 5.61. The Labute approximate surface area is 187 Å². The van der Waals surface area contributed by atoms with Crippen molar-refractivity contribution in [2.75, 3.05) is 31.6 Å². The molecule has 4 aromatic rings. The number of rotatable bonds is 5. The highest BCUT2D eigenvalue weighted by Crippen LogP contribution is 2.36. The monoisotopic (exact) mass is 426 g/mol. The van der Waals surface area contributed by atoms with Gasteiger partial charge in [0.1, 0.15) is 0 Å². The van der Waals surface area contributed by atoms with E-state index in [1.807, 2.05) is 60.8 Å². The summed E-state index contributed by atoms with van der Waals surface area (Å²) in [5.41, 5.74) is 5.76. The number of nitrogens with one attached hydrogen (secondary N) is 2. The molecule has 2 aromatic heterocycles. The van der Waals surface area contributed by atoms with Gasteiger partial charge in [-0.2, -0.15) is 0 Å². The normalized spacial score (nSPS) is 15.5. The van der Waals surface area contributed by atoms with Crippen LogP contribution in [0.15, 0.2) is 72.9 Å². The summed E-state index contributed by atoms with van der Waals surface area (Å²) in [7, 11) is 0. The Balaban J connectivity index is 1.56. The van der Waals surface area contributed by atoms with E-state index in [1.54, 1.807) is 0 Å². The maximum atomic E-state index is 12.7. The highest BCUT2D eigenvalue weighted by molar-refractivity contribution is 6.05. The van der Waals surface area contributed by atoms with Crippen LogP contribution < -0.4 is 5.32 Å². The quantitative estimate of drug-likeness (QED) is 0.491. The van der Waals surface area contributed by atoms with E-state index >= 15 is 0 Å². The zero-order chi connectivity index (χ0) is 21.9. The van der Waals surface area contributed by atoms with Crippen molar-refractivity contribution < 1.29 is 9.53 Å². The Kier molecular flexibility index (Phi) is 5.71. The fourth-order valence-corrected chi connectivity index (χ4v) is 4.46. The lowest BCUT2D eigenvalue weighted by atomic mass is 9.97. The van der Waals surface area contributed by atoms with Gasteiger partial charge in [0.25, 0.3) is 5.91 Å². The zero-order valence-corrected chi connectivity index (χ0v) is 18.0. The number of aryl methyl sites for hydroxylation is 1. The predicted octanol–water partition coefficient (Wildman–Crippen LogP) is 4.55. The molecule has 1 saturated heterocycles. The van der Waals surface area contributed by atoms with Crippen molar-refractivity contribution in [1.29, 1.82) is 0 Å². The number of morpholine rings is 1. The van der Waals surface area contributed by atoms with E-state index in [0.29, 0.717) is 18.8 Å². The third-order valence-electron chi connectivity index (χ3n) is 5.98. The molecule has 2 aromatic carbocycles. The van der Waals surface area contributed by atoms with E-state index in [2.05, 4.69) is 34.3 Å². The number of hydrogen-bond donors (Lipinski definition) is 2. The molecule has 1 amide bonds. The smallest absolute Gasteiger partial charge is 0.255 e. The van der Waals surface area contributed by atoms with Crippen molar-refractivity contribution in [1.82, 2.24) is 14.9 Å². The molecule has 1 atom stereocenters. The highest BCUT2D eigenvalue weighted by atomic mass is 16.5. The Morgan fingerprint density at radius 2 is 1.84 bits per heavy atom. The van der Waals surface area contributed by atoms with Crippen LogP contribution in [-0.4, -0.2) is 47.1 Å². The van der Waals surface area contributed by atoms with E-state index < -0.39 is 0 Å². The average molecular weight is 427 g/mol. The summed E-state index contributed by atoms with van der Waals surface area (Å²) in [4.78, 5) is 23.4. The Bertz CT molecular complexity index is 1210. The summed E-state index contributed by atoms with van der Waals surface area (Å²) in [5.74, 6) is -0.117. The van der Waals surface area contributed by atoms with Gasteiger partial charge >= 0.3 is 0 Å². The van der Waals surface area contributed by atoms with Gasteiger partial charge in [-0.3, -0.25) is 14.7 Å². The minimum Gasteiger partial charge on any atom is -0.379 e. The van der Waals surface area contributed by atoms with E-state index in [4.69, 9.17) is 9.72 Å². The maximum Gasteiger partial charge on any atom is 0.255 e. The second-order valence-electron chi connectivity index (χ2n) is 8.05. The van der Waals surface area contributed by atoms with Crippen molar-refractivity contribution >= 4 is 22.5 Å². The zero-order valence-electron chi connectivity index (χ0n) is 18.0. The number of ether oxygens (including phenoxy) is 1. The first-order valence-corrected chi connectivity index (χ1v) is 10.9. The van der Waals surface area contributed by atoms with Gasteiger partial charge in [-0.25, -0.2) is 0 Å². The molecule has 1 aliphatic rings. The first-order valence-electron chi connectivity index (χ1n) is 10.9. The lowest BCUT2D eigenvalue weighted by Crippen LogP contribution is -2.40. The number of benzene rings is 2. The number of carbonyl (C=O) groups is 1. The molecule has 0 spiro atoms. The first-order chi connectivity index (χ1) is 15.7. The lowest BCUT2D eigenvalue weighted by Gasteiger charge is -2.34. The molecule has 1 aliphatic heterocycles. The minimum absolute atomic E-state index is 0.00826. The lowest BCUT2D eigenvalue weighted by molar-refractivity contribution is 0.0234. The summed E-state index contributed by atoms with van der Waals surface area (Å²) in [5, 5.41) is 4.14. The van der Waals surface area contributed by atoms with Crippen LogP contribution in [0.1, 0.15) is 33.4 Å². The first kappa shape index (κ1) is 20.4. The molecule has 0 radical (unpaired) electrons. The second-order valence-corrected chi connectivity index (χ2v) is 8.05. The number of fused-ring (bicyclic) bond motifs is 1. The third kappa shape index (κ3) is 4.02. The minimum atomic E-state index is -0.117. The number of nitrogens with zero attached hydrogens (tertiary/aromatic N) is 2. The van der Waals surface area contributed by atoms with Crippen LogP contribution in [0, 0.1) is 6.92 Å². The topological polar surface area (TPSA) is 70.2 Å². The fraction of sp³-hybridized carbons (Fsp3) is 0.231. The largest absolute Gasteiger partial charge is 0.379 e. The third-order valence-corrected chi connectivity index (χ3v) is 5.98. The molecule has 6 heteroatoms. The molecule has 0 bridgehead atoms. The molecule has 0 unspecified atom stereocenters. The van der Waals surface area contributed by atoms with Crippen LogP contribution in [0.4, 0.5) is 5.69 Å². The van der Waals surface area contributed by atoms with Crippen LogP contribution in [-0.2, 0) is 4.74 Å². The van der Waals surface area contributed by atoms with E-state index in [9.17, 15) is 4.79 Å². The number of anilines is 1. The number of amides is 1. The Morgan fingerprint density at radius 1 is 1.06 bits per heavy atom. The molecule has 5 rings (SSSR count). The van der Waals surface area contributed by atoms with Gasteiger partial charge in [0.05, 0.1) is 24.9 Å². The predicted molar refractivity (Wildman–Crippen MR) is 126 cm³/mol. The molecule has 1 fully saturated rings. The molecular formula is C26H26N4O2. The second kappa shape index (κ2) is 8.94. The maximum absolute atomic E-state index is 12.7. The van der Waals surface area contributed by atoms with Crippen LogP contribution >= 0.6 is 0 Å². The highest BCUT2D eigenvalue weighted by Gasteiger charge is 2.29. The number of H-pyrrole nitrogens is 1. The van der Waals surface area contributed by atoms with Gasteiger partial charge in [0, 0.05) is 52.7 Å². The van der Waals surface area contributed by atoms with Crippen LogP contribution in [0.25, 0.3) is 10.9 Å². The van der Waals surface area contributed by atoms with E-state index in [0.717, 1.165) is 41.1 Å². The van der Waals surface area contributed by atoms with Crippen molar-refractivity contribution in [3.05, 3.63) is 95.4 Å². The number of pyridine rings is 1. The molecule has 0 aliphatic carbocycles. The molecule has 162 valence electrons. The fourth-order valence-electron chi connectivity index (χ4n) is 4.46. The van der Waals surface area contributed by atoms with Crippen LogP contribution in [0.2, 0.25) is 0 Å². The number of aromatic nitrogens is 2. The van der Waals surface area contributed by atoms with Crippen LogP contribution in [0.3, 0.4) is 0 Å². The Hall–Kier alpha value is -3.48. The SMILES string of the molecule is Cc1[nH]c2ccc(NC(=O)c3ccccc3)cc2c1[C@H](c1ccccn1)N1CCOCC1. The Morgan fingerprint density at radius 3 is 2.59 bits per heavy atom. The number of aromatic amines is 1. The van der Waals surface area contributed by atoms with Crippen molar-refractivity contribution in [3.8, 4) is 0 Å². The van der Waals surface area contributed by atoms with Gasteiger partial charge in [-0.15, -0.1) is 0 Å². The van der Waals surface area contributed by atoms with Crippen LogP contribution in [0.5, 0.6) is 0 Å². The number of hydrogen-bond acceptors (Lipinski definition) is 4. The molecule has 3 heterocycles. The molecule has 6 nitrogen and oxygen atoms in total. The number of carbonyl (C=O) groups excluding carboxylic acids is 1. The molecule has 0 saturated carbocycles. The standard InChI is InChI=1S/C26H26N4O2/c1-18-24(25(23-9-5-6-12-27-23)30-13-15-32-16-14-30)21-17-20(10-11-22(21)28-18)29-26(31)19-7-3-2-4-8-19/h2-12,17,25,28H,13-16H2,1H3,(H,29,31)/t25-/m0/s1. The summed E-state index contributed by atoms with van der Waals surface area (Å²) >= 11 is 0. The summed E-state index contributed by atoms with van der Waals surface area (Å²) in [6.45, 7) is 5.22. The van der Waals surface area contributed by atoms with Crippen molar-refractivity contribution in [2.24, 2.45) is 0 Å². The van der Waals surface area contributed by atoms with Gasteiger partial charge < -0.3 is 15.0 Å². The van der Waals surface area contributed by atoms with Crippen molar-refractivity contribution in [2.45, 2.75) is 13.0 Å².